The fourth-order valence-corrected chi connectivity index (χ4v) is 5.21. The predicted octanol–water partition coefficient (Wildman–Crippen LogP) is 2.58. The first kappa shape index (κ1) is 24.5. The quantitative estimate of drug-likeness (QED) is 0.491. The van der Waals surface area contributed by atoms with E-state index in [9.17, 15) is 8.42 Å². The first-order valence-electron chi connectivity index (χ1n) is 11.8. The number of nitrogens with zero attached hydrogens (tertiary/aromatic N) is 2. The van der Waals surface area contributed by atoms with E-state index in [2.05, 4.69) is 21.4 Å². The van der Waals surface area contributed by atoms with Crippen LogP contribution >= 0.6 is 0 Å². The summed E-state index contributed by atoms with van der Waals surface area (Å²) < 4.78 is 38.8. The van der Waals surface area contributed by atoms with E-state index in [1.807, 2.05) is 0 Å². The number of nitrogens with one attached hydrogen (secondary N) is 1. The topological polar surface area (TPSA) is 71.1 Å². The molecule has 0 unspecified atom stereocenters. The molecule has 1 N–H and O–H groups in total. The molecule has 0 aliphatic carbocycles. The molecule has 7 nitrogen and oxygen atoms in total. The van der Waals surface area contributed by atoms with Crippen molar-refractivity contribution < 1.29 is 17.9 Å². The van der Waals surface area contributed by atoms with Crippen molar-refractivity contribution in [2.75, 3.05) is 65.6 Å². The Kier molecular flexibility index (Phi) is 10.1. The molecule has 0 aromatic heterocycles. The predicted molar refractivity (Wildman–Crippen MR) is 123 cm³/mol. The van der Waals surface area contributed by atoms with Gasteiger partial charge in [-0.25, -0.2) is 13.1 Å². The minimum Gasteiger partial charge on any atom is -0.494 e. The molecule has 8 heteroatoms. The summed E-state index contributed by atoms with van der Waals surface area (Å²) in [6.45, 7) is 11.5. The molecule has 0 bridgehead atoms. The van der Waals surface area contributed by atoms with Crippen molar-refractivity contribution in [2.45, 2.75) is 43.9 Å². The summed E-state index contributed by atoms with van der Waals surface area (Å²) in [6, 6.07) is 6.68. The summed E-state index contributed by atoms with van der Waals surface area (Å²) in [4.78, 5) is 5.30. The van der Waals surface area contributed by atoms with Crippen molar-refractivity contribution in [3.63, 3.8) is 0 Å². The highest BCUT2D eigenvalue weighted by Crippen LogP contribution is 2.18. The maximum absolute atomic E-state index is 12.5. The lowest BCUT2D eigenvalue weighted by Gasteiger charge is -2.37. The SMILES string of the molecule is CCCCOc1ccc(S(=O)(=O)NCCCN2CCN(CC3CCOCC3)CC2)cc1. The van der Waals surface area contributed by atoms with Crippen LogP contribution in [0.25, 0.3) is 0 Å². The molecular weight excluding hydrogens is 414 g/mol. The molecule has 0 saturated carbocycles. The number of unbranched alkanes of at least 4 members (excludes halogenated alkanes) is 1. The minimum absolute atomic E-state index is 0.289. The third-order valence-electron chi connectivity index (χ3n) is 6.17. The zero-order valence-corrected chi connectivity index (χ0v) is 19.7. The van der Waals surface area contributed by atoms with Crippen molar-refractivity contribution in [2.24, 2.45) is 5.92 Å². The van der Waals surface area contributed by atoms with Gasteiger partial charge in [-0.1, -0.05) is 13.3 Å². The zero-order valence-electron chi connectivity index (χ0n) is 18.9. The largest absolute Gasteiger partial charge is 0.494 e. The van der Waals surface area contributed by atoms with Crippen LogP contribution in [0.4, 0.5) is 0 Å². The minimum atomic E-state index is -3.47. The summed E-state index contributed by atoms with van der Waals surface area (Å²) in [5.74, 6) is 1.50. The molecular formula is C23H39N3O4S. The lowest BCUT2D eigenvalue weighted by atomic mass is 9.99. The van der Waals surface area contributed by atoms with Crippen LogP contribution in [0, 0.1) is 5.92 Å². The Balaban J connectivity index is 1.31. The molecule has 1 aromatic carbocycles. The van der Waals surface area contributed by atoms with E-state index in [1.54, 1.807) is 24.3 Å². The molecule has 2 aliphatic heterocycles. The molecule has 1 aromatic rings. The summed E-state index contributed by atoms with van der Waals surface area (Å²) in [5, 5.41) is 0. The fraction of sp³-hybridized carbons (Fsp3) is 0.739. The van der Waals surface area contributed by atoms with Crippen LogP contribution in [0.1, 0.15) is 39.0 Å². The molecule has 2 saturated heterocycles. The Morgan fingerprint density at radius 2 is 1.71 bits per heavy atom. The average Bonchev–Trinajstić information content (AvgIpc) is 2.79. The lowest BCUT2D eigenvalue weighted by molar-refractivity contribution is 0.0422. The van der Waals surface area contributed by atoms with Gasteiger partial charge in [0.05, 0.1) is 11.5 Å². The van der Waals surface area contributed by atoms with Crippen LogP contribution in [-0.2, 0) is 14.8 Å². The molecule has 0 amide bonds. The second-order valence-corrected chi connectivity index (χ2v) is 10.4. The summed E-state index contributed by atoms with van der Waals surface area (Å²) in [5.41, 5.74) is 0. The van der Waals surface area contributed by atoms with Gasteiger partial charge in [-0.3, -0.25) is 0 Å². The molecule has 2 aliphatic rings. The van der Waals surface area contributed by atoms with Gasteiger partial charge in [-0.15, -0.1) is 0 Å². The van der Waals surface area contributed by atoms with E-state index < -0.39 is 10.0 Å². The second-order valence-electron chi connectivity index (χ2n) is 8.62. The van der Waals surface area contributed by atoms with Crippen molar-refractivity contribution in [3.8, 4) is 5.75 Å². The third kappa shape index (κ3) is 8.35. The van der Waals surface area contributed by atoms with Crippen LogP contribution in [-0.4, -0.2) is 83.9 Å². The van der Waals surface area contributed by atoms with Gasteiger partial charge in [0.15, 0.2) is 0 Å². The van der Waals surface area contributed by atoms with Crippen LogP contribution in [0.2, 0.25) is 0 Å². The monoisotopic (exact) mass is 453 g/mol. The van der Waals surface area contributed by atoms with Gasteiger partial charge in [0, 0.05) is 52.5 Å². The van der Waals surface area contributed by atoms with Gasteiger partial charge in [-0.2, -0.15) is 0 Å². The Morgan fingerprint density at radius 3 is 2.39 bits per heavy atom. The molecule has 31 heavy (non-hydrogen) atoms. The molecule has 2 fully saturated rings. The maximum atomic E-state index is 12.5. The second kappa shape index (κ2) is 12.7. The normalized spacial score (nSPS) is 19.5. The highest BCUT2D eigenvalue weighted by Gasteiger charge is 2.21. The highest BCUT2D eigenvalue weighted by molar-refractivity contribution is 7.89. The fourth-order valence-electron chi connectivity index (χ4n) is 4.13. The van der Waals surface area contributed by atoms with Crippen LogP contribution in [0.15, 0.2) is 29.2 Å². The Labute approximate surface area is 188 Å². The van der Waals surface area contributed by atoms with E-state index >= 15 is 0 Å². The van der Waals surface area contributed by atoms with Gasteiger partial charge in [0.1, 0.15) is 5.75 Å². The Bertz CT molecular complexity index is 728. The molecule has 0 atom stereocenters. The molecule has 0 radical (unpaired) electrons. The lowest BCUT2D eigenvalue weighted by Crippen LogP contribution is -2.48. The number of rotatable bonds is 12. The molecule has 0 spiro atoms. The van der Waals surface area contributed by atoms with E-state index in [0.29, 0.717) is 18.9 Å². The molecule has 176 valence electrons. The number of sulfonamides is 1. The first-order chi connectivity index (χ1) is 15.1. The summed E-state index contributed by atoms with van der Waals surface area (Å²) >= 11 is 0. The van der Waals surface area contributed by atoms with Gasteiger partial charge < -0.3 is 19.3 Å². The Morgan fingerprint density at radius 1 is 1.03 bits per heavy atom. The zero-order chi connectivity index (χ0) is 21.9. The van der Waals surface area contributed by atoms with Gasteiger partial charge >= 0.3 is 0 Å². The van der Waals surface area contributed by atoms with Crippen LogP contribution < -0.4 is 9.46 Å². The van der Waals surface area contributed by atoms with Crippen LogP contribution in [0.5, 0.6) is 5.75 Å². The van der Waals surface area contributed by atoms with Crippen molar-refractivity contribution in [1.82, 2.24) is 14.5 Å². The van der Waals surface area contributed by atoms with E-state index in [-0.39, 0.29) is 4.90 Å². The van der Waals surface area contributed by atoms with Crippen molar-refractivity contribution in [3.05, 3.63) is 24.3 Å². The highest BCUT2D eigenvalue weighted by atomic mass is 32.2. The molecule has 2 heterocycles. The van der Waals surface area contributed by atoms with E-state index in [1.165, 1.54) is 19.4 Å². The number of benzene rings is 1. The first-order valence-corrected chi connectivity index (χ1v) is 13.3. The van der Waals surface area contributed by atoms with Crippen LogP contribution in [0.3, 0.4) is 0 Å². The number of piperazine rings is 1. The number of hydrogen-bond donors (Lipinski definition) is 1. The average molecular weight is 454 g/mol. The van der Waals surface area contributed by atoms with Gasteiger partial charge in [0.2, 0.25) is 10.0 Å². The van der Waals surface area contributed by atoms with E-state index in [4.69, 9.17) is 9.47 Å². The standard InChI is InChI=1S/C23H39N3O4S/c1-2-3-17-30-22-5-7-23(8-6-22)31(27,28)24-11-4-12-25-13-15-26(16-14-25)20-21-9-18-29-19-10-21/h5-8,21,24H,2-4,9-20H2,1H3. The maximum Gasteiger partial charge on any atom is 0.240 e. The summed E-state index contributed by atoms with van der Waals surface area (Å²) in [6.07, 6.45) is 5.26. The third-order valence-corrected chi connectivity index (χ3v) is 7.64. The van der Waals surface area contributed by atoms with Crippen molar-refractivity contribution >= 4 is 10.0 Å². The van der Waals surface area contributed by atoms with Gasteiger partial charge in [0.25, 0.3) is 0 Å². The summed E-state index contributed by atoms with van der Waals surface area (Å²) in [7, 11) is -3.47. The number of ether oxygens (including phenoxy) is 2. The molecule has 3 rings (SSSR count). The smallest absolute Gasteiger partial charge is 0.240 e. The van der Waals surface area contributed by atoms with Crippen molar-refractivity contribution in [1.29, 1.82) is 0 Å². The Hall–Kier alpha value is -1.19. The van der Waals surface area contributed by atoms with E-state index in [0.717, 1.165) is 71.1 Å². The number of hydrogen-bond acceptors (Lipinski definition) is 6. The van der Waals surface area contributed by atoms with Gasteiger partial charge in [-0.05, 0) is 62.4 Å².